The molecule has 2 aliphatic rings. The molecule has 1 aromatic heterocycles. The van der Waals surface area contributed by atoms with Gasteiger partial charge in [-0.25, -0.2) is 4.98 Å². The molecule has 0 bridgehead atoms. The molecular weight excluding hydrogens is 320 g/mol. The van der Waals surface area contributed by atoms with Gasteiger partial charge in [0.15, 0.2) is 5.82 Å². The summed E-state index contributed by atoms with van der Waals surface area (Å²) in [6.07, 6.45) is 5.03. The molecule has 2 N–H and O–H groups in total. The Labute approximate surface area is 137 Å². The zero-order valence-corrected chi connectivity index (χ0v) is 13.9. The Kier molecular flexibility index (Phi) is 5.30. The van der Waals surface area contributed by atoms with Crippen molar-refractivity contribution in [2.45, 2.75) is 24.1 Å². The van der Waals surface area contributed by atoms with E-state index in [0.29, 0.717) is 12.4 Å². The minimum absolute atomic E-state index is 0.0624. The van der Waals surface area contributed by atoms with Crippen molar-refractivity contribution < 1.29 is 4.79 Å². The number of rotatable bonds is 3. The van der Waals surface area contributed by atoms with Crippen LogP contribution in [0.5, 0.6) is 0 Å². The largest absolute Gasteiger partial charge is 0.351 e. The Morgan fingerprint density at radius 1 is 1.45 bits per heavy atom. The van der Waals surface area contributed by atoms with Crippen molar-refractivity contribution >= 4 is 35.2 Å². The summed E-state index contributed by atoms with van der Waals surface area (Å²) in [5.41, 5.74) is -0.172. The van der Waals surface area contributed by atoms with E-state index in [1.807, 2.05) is 16.7 Å². The molecule has 0 radical (unpaired) electrons. The van der Waals surface area contributed by atoms with Crippen molar-refractivity contribution in [2.75, 3.05) is 35.2 Å². The molecule has 0 saturated carbocycles. The van der Waals surface area contributed by atoms with Gasteiger partial charge < -0.3 is 15.2 Å². The number of amides is 1. The van der Waals surface area contributed by atoms with Gasteiger partial charge in [0.05, 0.1) is 5.25 Å². The van der Waals surface area contributed by atoms with Gasteiger partial charge in [0, 0.05) is 48.8 Å². The number of nitrogens with one attached hydrogen (secondary N) is 2. The molecule has 3 heterocycles. The van der Waals surface area contributed by atoms with E-state index in [4.69, 9.17) is 0 Å². The van der Waals surface area contributed by atoms with Gasteiger partial charge in [-0.15, -0.1) is 11.8 Å². The first-order valence-electron chi connectivity index (χ1n) is 7.52. The number of anilines is 1. The highest BCUT2D eigenvalue weighted by atomic mass is 32.2. The van der Waals surface area contributed by atoms with E-state index in [-0.39, 0.29) is 22.8 Å². The lowest BCUT2D eigenvalue weighted by Gasteiger charge is -2.34. The van der Waals surface area contributed by atoms with Crippen molar-refractivity contribution in [1.82, 2.24) is 15.3 Å². The molecule has 0 spiro atoms. The molecule has 0 aromatic carbocycles. The second-order valence-electron chi connectivity index (χ2n) is 5.47. The first-order chi connectivity index (χ1) is 10.7. The van der Waals surface area contributed by atoms with Crippen LogP contribution in [0.2, 0.25) is 0 Å². The fourth-order valence-electron chi connectivity index (χ4n) is 2.79. The second-order valence-corrected chi connectivity index (χ2v) is 7.93. The predicted molar refractivity (Wildman–Crippen MR) is 91.8 cm³/mol. The Morgan fingerprint density at radius 2 is 2.36 bits per heavy atom. The van der Waals surface area contributed by atoms with Gasteiger partial charge in [-0.1, -0.05) is 0 Å². The number of piperidine rings is 1. The van der Waals surface area contributed by atoms with Crippen molar-refractivity contribution in [3.63, 3.8) is 0 Å². The van der Waals surface area contributed by atoms with E-state index in [2.05, 4.69) is 15.3 Å². The van der Waals surface area contributed by atoms with E-state index in [0.717, 1.165) is 36.6 Å². The highest BCUT2D eigenvalue weighted by Gasteiger charge is 2.27. The van der Waals surface area contributed by atoms with E-state index >= 15 is 0 Å². The van der Waals surface area contributed by atoms with Crippen LogP contribution in [0.25, 0.3) is 0 Å². The maximum atomic E-state index is 12.3. The van der Waals surface area contributed by atoms with Gasteiger partial charge in [-0.2, -0.15) is 11.8 Å². The predicted octanol–water partition coefficient (Wildman–Crippen LogP) is 0.703. The standard InChI is InChI=1S/C14H20N4O2S2/c19-13(11-9-21-6-7-22-11)17-10-2-1-5-18(8-10)12-14(20)16-4-3-15-12/h3-4,10-11H,1-2,5-9H2,(H,16,20)(H,17,19)/t10-,11-/m0/s1. The van der Waals surface area contributed by atoms with Crippen LogP contribution in [0, 0.1) is 0 Å². The highest BCUT2D eigenvalue weighted by molar-refractivity contribution is 8.07. The molecule has 2 saturated heterocycles. The van der Waals surface area contributed by atoms with Crippen LogP contribution in [-0.2, 0) is 4.79 Å². The summed E-state index contributed by atoms with van der Waals surface area (Å²) in [5, 5.41) is 3.22. The second kappa shape index (κ2) is 7.41. The van der Waals surface area contributed by atoms with E-state index in [1.54, 1.807) is 18.0 Å². The highest BCUT2D eigenvalue weighted by Crippen LogP contribution is 2.24. The molecule has 2 aliphatic heterocycles. The Balaban J connectivity index is 1.60. The van der Waals surface area contributed by atoms with Crippen molar-refractivity contribution in [1.29, 1.82) is 0 Å². The molecule has 2 atom stereocenters. The SMILES string of the molecule is O=C(N[C@H]1CCCN(c2ncc[nH]c2=O)C1)[C@@H]1CSCCS1. The lowest BCUT2D eigenvalue weighted by atomic mass is 10.1. The smallest absolute Gasteiger partial charge is 0.290 e. The monoisotopic (exact) mass is 340 g/mol. The first kappa shape index (κ1) is 15.7. The number of aromatic amines is 1. The Bertz CT molecular complexity index is 574. The van der Waals surface area contributed by atoms with Gasteiger partial charge in [0.2, 0.25) is 5.91 Å². The van der Waals surface area contributed by atoms with Crippen molar-refractivity contribution in [3.8, 4) is 0 Å². The molecule has 2 fully saturated rings. The molecular formula is C14H20N4O2S2. The molecule has 0 unspecified atom stereocenters. The quantitative estimate of drug-likeness (QED) is 0.844. The average Bonchev–Trinajstić information content (AvgIpc) is 2.56. The minimum atomic E-state index is -0.172. The molecule has 1 aromatic rings. The summed E-state index contributed by atoms with van der Waals surface area (Å²) in [7, 11) is 0. The number of carbonyl (C=O) groups is 1. The van der Waals surface area contributed by atoms with Crippen molar-refractivity contribution in [3.05, 3.63) is 22.7 Å². The van der Waals surface area contributed by atoms with Gasteiger partial charge in [-0.05, 0) is 12.8 Å². The van der Waals surface area contributed by atoms with E-state index < -0.39 is 0 Å². The zero-order valence-electron chi connectivity index (χ0n) is 12.3. The number of hydrogen-bond acceptors (Lipinski definition) is 6. The summed E-state index contributed by atoms with van der Waals surface area (Å²) < 4.78 is 0. The fourth-order valence-corrected chi connectivity index (χ4v) is 5.36. The third kappa shape index (κ3) is 3.78. The topological polar surface area (TPSA) is 78.1 Å². The van der Waals surface area contributed by atoms with Gasteiger partial charge >= 0.3 is 0 Å². The van der Waals surface area contributed by atoms with Crippen LogP contribution in [0.1, 0.15) is 12.8 Å². The van der Waals surface area contributed by atoms with Crippen LogP contribution in [0.3, 0.4) is 0 Å². The number of H-pyrrole nitrogens is 1. The molecule has 0 aliphatic carbocycles. The normalized spacial score (nSPS) is 25.7. The number of hydrogen-bond donors (Lipinski definition) is 2. The maximum Gasteiger partial charge on any atom is 0.290 e. The van der Waals surface area contributed by atoms with Crippen LogP contribution in [0.15, 0.2) is 17.2 Å². The first-order valence-corrected chi connectivity index (χ1v) is 9.73. The summed E-state index contributed by atoms with van der Waals surface area (Å²) in [5.74, 6) is 3.66. The summed E-state index contributed by atoms with van der Waals surface area (Å²) in [6.45, 7) is 1.46. The summed E-state index contributed by atoms with van der Waals surface area (Å²) in [6, 6.07) is 0.0928. The maximum absolute atomic E-state index is 12.3. The summed E-state index contributed by atoms with van der Waals surface area (Å²) >= 11 is 3.59. The molecule has 8 heteroatoms. The minimum Gasteiger partial charge on any atom is -0.351 e. The van der Waals surface area contributed by atoms with Crippen molar-refractivity contribution in [2.24, 2.45) is 0 Å². The Hall–Kier alpha value is -1.15. The number of carbonyl (C=O) groups excluding carboxylic acids is 1. The molecule has 3 rings (SSSR count). The lowest BCUT2D eigenvalue weighted by Crippen LogP contribution is -2.51. The van der Waals surface area contributed by atoms with Gasteiger partial charge in [0.1, 0.15) is 0 Å². The van der Waals surface area contributed by atoms with Crippen LogP contribution >= 0.6 is 23.5 Å². The number of nitrogens with zero attached hydrogens (tertiary/aromatic N) is 2. The fraction of sp³-hybridized carbons (Fsp3) is 0.643. The lowest BCUT2D eigenvalue weighted by molar-refractivity contribution is -0.120. The number of thioether (sulfide) groups is 2. The summed E-state index contributed by atoms with van der Waals surface area (Å²) in [4.78, 5) is 33.0. The van der Waals surface area contributed by atoms with E-state index in [9.17, 15) is 9.59 Å². The Morgan fingerprint density at radius 3 is 3.14 bits per heavy atom. The molecule has 22 heavy (non-hydrogen) atoms. The van der Waals surface area contributed by atoms with Crippen LogP contribution in [0.4, 0.5) is 5.82 Å². The molecule has 6 nitrogen and oxygen atoms in total. The van der Waals surface area contributed by atoms with Gasteiger partial charge in [-0.3, -0.25) is 9.59 Å². The average molecular weight is 340 g/mol. The number of aromatic nitrogens is 2. The van der Waals surface area contributed by atoms with Gasteiger partial charge in [0.25, 0.3) is 5.56 Å². The molecule has 120 valence electrons. The third-order valence-electron chi connectivity index (χ3n) is 3.86. The zero-order chi connectivity index (χ0) is 15.4. The van der Waals surface area contributed by atoms with Crippen LogP contribution in [-0.4, -0.2) is 57.5 Å². The van der Waals surface area contributed by atoms with E-state index in [1.165, 1.54) is 6.20 Å². The molecule has 1 amide bonds. The van der Waals surface area contributed by atoms with Crippen LogP contribution < -0.4 is 15.8 Å². The third-order valence-corrected chi connectivity index (χ3v) is 6.62.